The molecular formula is C11H8FNO4. The molecule has 0 atom stereocenters. The normalized spacial score (nSPS) is 10.2. The van der Waals surface area contributed by atoms with Crippen LogP contribution in [-0.4, -0.2) is 16.2 Å². The second-order valence-electron chi connectivity index (χ2n) is 3.21. The van der Waals surface area contributed by atoms with E-state index in [1.165, 1.54) is 6.20 Å². The number of ether oxygens (including phenoxy) is 1. The van der Waals surface area contributed by atoms with Gasteiger partial charge in [0.15, 0.2) is 5.76 Å². The maximum absolute atomic E-state index is 13.0. The van der Waals surface area contributed by atoms with Crippen molar-refractivity contribution in [2.45, 2.75) is 6.61 Å². The molecule has 2 rings (SSSR count). The van der Waals surface area contributed by atoms with Gasteiger partial charge in [-0.1, -0.05) is 5.16 Å². The van der Waals surface area contributed by atoms with Crippen LogP contribution < -0.4 is 4.74 Å². The molecule has 5 nitrogen and oxygen atoms in total. The number of nitrogens with zero attached hydrogens (tertiary/aromatic N) is 1. The first-order valence-electron chi connectivity index (χ1n) is 4.72. The molecule has 1 N–H and O–H groups in total. The van der Waals surface area contributed by atoms with Crippen LogP contribution in [0.1, 0.15) is 16.1 Å². The van der Waals surface area contributed by atoms with Crippen LogP contribution in [-0.2, 0) is 6.61 Å². The van der Waals surface area contributed by atoms with Gasteiger partial charge in [-0.15, -0.1) is 0 Å². The van der Waals surface area contributed by atoms with E-state index in [0.29, 0.717) is 5.76 Å². The van der Waals surface area contributed by atoms with Crippen molar-refractivity contribution in [1.29, 1.82) is 0 Å². The van der Waals surface area contributed by atoms with Gasteiger partial charge in [0.1, 0.15) is 23.7 Å². The number of carboxylic acid groups (broad SMARTS) is 1. The highest BCUT2D eigenvalue weighted by Crippen LogP contribution is 2.21. The third kappa shape index (κ3) is 2.60. The molecule has 88 valence electrons. The summed E-state index contributed by atoms with van der Waals surface area (Å²) >= 11 is 0. The summed E-state index contributed by atoms with van der Waals surface area (Å²) in [7, 11) is 0. The Hall–Kier alpha value is -2.37. The lowest BCUT2D eigenvalue weighted by molar-refractivity contribution is 0.0691. The molecule has 0 aliphatic rings. The molecule has 0 saturated carbocycles. The third-order valence-electron chi connectivity index (χ3n) is 2.04. The SMILES string of the molecule is O=C(O)c1ccc(F)cc1OCc1ccno1. The molecule has 0 aliphatic carbocycles. The molecule has 0 spiro atoms. The molecule has 0 saturated heterocycles. The smallest absolute Gasteiger partial charge is 0.339 e. The Bertz CT molecular complexity index is 524. The van der Waals surface area contributed by atoms with E-state index in [9.17, 15) is 9.18 Å². The highest BCUT2D eigenvalue weighted by molar-refractivity contribution is 5.90. The van der Waals surface area contributed by atoms with Crippen LogP contribution in [0.25, 0.3) is 0 Å². The topological polar surface area (TPSA) is 72.6 Å². The van der Waals surface area contributed by atoms with E-state index in [-0.39, 0.29) is 17.9 Å². The summed E-state index contributed by atoms with van der Waals surface area (Å²) in [4.78, 5) is 10.9. The maximum Gasteiger partial charge on any atom is 0.339 e. The van der Waals surface area contributed by atoms with Crippen LogP contribution in [0.5, 0.6) is 5.75 Å². The van der Waals surface area contributed by atoms with E-state index in [1.807, 2.05) is 0 Å². The molecule has 0 amide bonds. The number of benzene rings is 1. The molecule has 1 aromatic carbocycles. The first-order chi connectivity index (χ1) is 8.16. The Morgan fingerprint density at radius 3 is 2.94 bits per heavy atom. The van der Waals surface area contributed by atoms with Crippen LogP contribution in [0.2, 0.25) is 0 Å². The number of rotatable bonds is 4. The van der Waals surface area contributed by atoms with Crippen molar-refractivity contribution in [3.8, 4) is 5.75 Å². The van der Waals surface area contributed by atoms with Gasteiger partial charge in [-0.05, 0) is 12.1 Å². The summed E-state index contributed by atoms with van der Waals surface area (Å²) in [6.45, 7) is -0.0102. The summed E-state index contributed by atoms with van der Waals surface area (Å²) in [5.41, 5.74) is -0.106. The zero-order valence-corrected chi connectivity index (χ0v) is 8.59. The highest BCUT2D eigenvalue weighted by atomic mass is 19.1. The molecule has 0 fully saturated rings. The first kappa shape index (κ1) is 11.1. The molecule has 0 radical (unpaired) electrons. The molecule has 0 unspecified atom stereocenters. The van der Waals surface area contributed by atoms with Crippen LogP contribution in [0.4, 0.5) is 4.39 Å². The minimum atomic E-state index is -1.18. The molecule has 1 heterocycles. The fourth-order valence-electron chi connectivity index (χ4n) is 1.26. The van der Waals surface area contributed by atoms with Crippen molar-refractivity contribution < 1.29 is 23.6 Å². The van der Waals surface area contributed by atoms with Crippen LogP contribution in [0.3, 0.4) is 0 Å². The van der Waals surface area contributed by atoms with E-state index in [2.05, 4.69) is 5.16 Å². The predicted molar refractivity (Wildman–Crippen MR) is 54.2 cm³/mol. The molecule has 6 heteroatoms. The van der Waals surface area contributed by atoms with E-state index in [4.69, 9.17) is 14.4 Å². The molecule has 17 heavy (non-hydrogen) atoms. The number of aromatic nitrogens is 1. The maximum atomic E-state index is 13.0. The van der Waals surface area contributed by atoms with Crippen molar-refractivity contribution in [1.82, 2.24) is 5.16 Å². The van der Waals surface area contributed by atoms with Gasteiger partial charge in [-0.25, -0.2) is 9.18 Å². The minimum absolute atomic E-state index is 0.0102. The summed E-state index contributed by atoms with van der Waals surface area (Å²) in [6, 6.07) is 4.79. The fourth-order valence-corrected chi connectivity index (χ4v) is 1.26. The summed E-state index contributed by atoms with van der Waals surface area (Å²) in [5.74, 6) is -1.38. The number of carboxylic acids is 1. The largest absolute Gasteiger partial charge is 0.485 e. The van der Waals surface area contributed by atoms with E-state index >= 15 is 0 Å². The summed E-state index contributed by atoms with van der Waals surface area (Å²) < 4.78 is 22.9. The Kier molecular flexibility index (Phi) is 3.04. The van der Waals surface area contributed by atoms with Crippen molar-refractivity contribution in [3.63, 3.8) is 0 Å². The minimum Gasteiger partial charge on any atom is -0.485 e. The van der Waals surface area contributed by atoms with Crippen molar-refractivity contribution in [2.75, 3.05) is 0 Å². The Morgan fingerprint density at radius 2 is 2.29 bits per heavy atom. The van der Waals surface area contributed by atoms with Crippen molar-refractivity contribution in [2.24, 2.45) is 0 Å². The molecule has 2 aromatic rings. The Balaban J connectivity index is 2.19. The van der Waals surface area contributed by atoms with Gasteiger partial charge in [-0.3, -0.25) is 0 Å². The van der Waals surface area contributed by atoms with E-state index < -0.39 is 11.8 Å². The fraction of sp³-hybridized carbons (Fsp3) is 0.0909. The lowest BCUT2D eigenvalue weighted by Crippen LogP contribution is -2.03. The van der Waals surface area contributed by atoms with Crippen LogP contribution >= 0.6 is 0 Å². The van der Waals surface area contributed by atoms with Gasteiger partial charge in [0.2, 0.25) is 0 Å². The lowest BCUT2D eigenvalue weighted by Gasteiger charge is -2.07. The van der Waals surface area contributed by atoms with Gasteiger partial charge in [0.05, 0.1) is 6.20 Å². The standard InChI is InChI=1S/C11H8FNO4/c12-7-1-2-9(11(14)15)10(5-7)16-6-8-3-4-13-17-8/h1-5H,6H2,(H,14,15). The summed E-state index contributed by atoms with van der Waals surface area (Å²) in [5, 5.41) is 12.3. The predicted octanol–water partition coefficient (Wildman–Crippen LogP) is 2.09. The summed E-state index contributed by atoms with van der Waals surface area (Å²) in [6.07, 6.45) is 1.43. The Labute approximate surface area is 95.4 Å². The second-order valence-corrected chi connectivity index (χ2v) is 3.21. The number of carbonyl (C=O) groups is 1. The molecule has 1 aromatic heterocycles. The average molecular weight is 237 g/mol. The third-order valence-corrected chi connectivity index (χ3v) is 2.04. The van der Waals surface area contributed by atoms with Crippen molar-refractivity contribution in [3.05, 3.63) is 47.6 Å². The van der Waals surface area contributed by atoms with Gasteiger partial charge >= 0.3 is 5.97 Å². The van der Waals surface area contributed by atoms with Gasteiger partial charge in [0.25, 0.3) is 0 Å². The Morgan fingerprint density at radius 1 is 1.47 bits per heavy atom. The first-order valence-corrected chi connectivity index (χ1v) is 4.72. The van der Waals surface area contributed by atoms with E-state index in [0.717, 1.165) is 18.2 Å². The average Bonchev–Trinajstić information content (AvgIpc) is 2.78. The van der Waals surface area contributed by atoms with Crippen LogP contribution in [0, 0.1) is 5.82 Å². The van der Waals surface area contributed by atoms with Gasteiger partial charge in [0, 0.05) is 12.1 Å². The highest BCUT2D eigenvalue weighted by Gasteiger charge is 2.12. The van der Waals surface area contributed by atoms with E-state index in [1.54, 1.807) is 6.07 Å². The molecular weight excluding hydrogens is 229 g/mol. The van der Waals surface area contributed by atoms with Crippen LogP contribution in [0.15, 0.2) is 35.0 Å². The zero-order valence-electron chi connectivity index (χ0n) is 8.59. The molecule has 0 aliphatic heterocycles. The number of halogens is 1. The van der Waals surface area contributed by atoms with Gasteiger partial charge < -0.3 is 14.4 Å². The van der Waals surface area contributed by atoms with Gasteiger partial charge in [-0.2, -0.15) is 0 Å². The quantitative estimate of drug-likeness (QED) is 0.881. The second kappa shape index (κ2) is 4.65. The van der Waals surface area contributed by atoms with Crippen molar-refractivity contribution >= 4 is 5.97 Å². The molecule has 0 bridgehead atoms. The number of hydrogen-bond donors (Lipinski definition) is 1. The number of aromatic carboxylic acids is 1. The lowest BCUT2D eigenvalue weighted by atomic mass is 10.2. The number of hydrogen-bond acceptors (Lipinski definition) is 4. The zero-order chi connectivity index (χ0) is 12.3. The monoisotopic (exact) mass is 237 g/mol.